The maximum absolute atomic E-state index is 11.3. The van der Waals surface area contributed by atoms with Crippen molar-refractivity contribution in [2.24, 2.45) is 0 Å². The molecule has 0 radical (unpaired) electrons. The standard InChI is InChI=1S/C14H21NO/c1-2-3-5-10-14(16)15-12-11-13-8-6-4-7-9-13/h2-3,5,8,10H,4,6-7,9,11-12H2,1H3,(H,15,16)/b3-2+,10-5+. The Morgan fingerprint density at radius 1 is 1.44 bits per heavy atom. The third-order valence-electron chi connectivity index (χ3n) is 2.68. The van der Waals surface area contributed by atoms with Crippen molar-refractivity contribution in [3.63, 3.8) is 0 Å². The summed E-state index contributed by atoms with van der Waals surface area (Å²) in [4.78, 5) is 11.3. The van der Waals surface area contributed by atoms with Crippen LogP contribution in [0, 0.1) is 0 Å². The molecule has 0 aliphatic heterocycles. The molecule has 0 saturated heterocycles. The lowest BCUT2D eigenvalue weighted by Gasteiger charge is -2.12. The summed E-state index contributed by atoms with van der Waals surface area (Å²) in [5, 5.41) is 2.89. The molecule has 0 aromatic rings. The zero-order valence-corrected chi connectivity index (χ0v) is 10.0. The van der Waals surface area contributed by atoms with Gasteiger partial charge in [0, 0.05) is 12.6 Å². The van der Waals surface area contributed by atoms with E-state index in [0.29, 0.717) is 0 Å². The first-order valence-corrected chi connectivity index (χ1v) is 6.08. The average Bonchev–Trinajstić information content (AvgIpc) is 2.31. The second-order valence-corrected chi connectivity index (χ2v) is 4.03. The van der Waals surface area contributed by atoms with Crippen LogP contribution >= 0.6 is 0 Å². The Hall–Kier alpha value is -1.31. The number of hydrogen-bond acceptors (Lipinski definition) is 1. The van der Waals surface area contributed by atoms with E-state index in [-0.39, 0.29) is 5.91 Å². The quantitative estimate of drug-likeness (QED) is 0.429. The van der Waals surface area contributed by atoms with Crippen molar-refractivity contribution < 1.29 is 4.79 Å². The summed E-state index contributed by atoms with van der Waals surface area (Å²) in [6.45, 7) is 2.68. The first-order valence-electron chi connectivity index (χ1n) is 6.08. The lowest BCUT2D eigenvalue weighted by molar-refractivity contribution is -0.116. The second kappa shape index (κ2) is 7.91. The molecule has 1 rings (SSSR count). The molecule has 0 bridgehead atoms. The highest BCUT2D eigenvalue weighted by molar-refractivity contribution is 5.87. The minimum absolute atomic E-state index is 0.00508. The Morgan fingerprint density at radius 2 is 2.31 bits per heavy atom. The molecule has 16 heavy (non-hydrogen) atoms. The summed E-state index contributed by atoms with van der Waals surface area (Å²) in [7, 11) is 0. The summed E-state index contributed by atoms with van der Waals surface area (Å²) < 4.78 is 0. The molecule has 0 saturated carbocycles. The maximum atomic E-state index is 11.3. The molecule has 0 aromatic heterocycles. The van der Waals surface area contributed by atoms with E-state index in [1.807, 2.05) is 19.1 Å². The zero-order chi connectivity index (χ0) is 11.6. The van der Waals surface area contributed by atoms with Gasteiger partial charge in [0.05, 0.1) is 0 Å². The van der Waals surface area contributed by atoms with E-state index in [4.69, 9.17) is 0 Å². The van der Waals surface area contributed by atoms with Crippen molar-refractivity contribution in [1.82, 2.24) is 5.32 Å². The predicted molar refractivity (Wildman–Crippen MR) is 68.1 cm³/mol. The molecule has 1 aliphatic carbocycles. The van der Waals surface area contributed by atoms with Crippen LogP contribution in [0.5, 0.6) is 0 Å². The molecule has 0 atom stereocenters. The van der Waals surface area contributed by atoms with Gasteiger partial charge in [0.2, 0.25) is 5.91 Å². The number of rotatable bonds is 5. The molecule has 1 N–H and O–H groups in total. The first kappa shape index (κ1) is 12.8. The van der Waals surface area contributed by atoms with Gasteiger partial charge in [-0.15, -0.1) is 0 Å². The summed E-state index contributed by atoms with van der Waals surface area (Å²) in [5.41, 5.74) is 1.50. The Kier molecular flexibility index (Phi) is 6.31. The molecular formula is C14H21NO. The molecule has 2 heteroatoms. The van der Waals surface area contributed by atoms with Crippen molar-refractivity contribution in [2.75, 3.05) is 6.54 Å². The van der Waals surface area contributed by atoms with Crippen LogP contribution in [0.2, 0.25) is 0 Å². The van der Waals surface area contributed by atoms with Gasteiger partial charge in [0.1, 0.15) is 0 Å². The van der Waals surface area contributed by atoms with Gasteiger partial charge in [0.15, 0.2) is 0 Å². The summed E-state index contributed by atoms with van der Waals surface area (Å²) in [5.74, 6) is -0.00508. The summed E-state index contributed by atoms with van der Waals surface area (Å²) in [6.07, 6.45) is 15.5. The Balaban J connectivity index is 2.14. The molecule has 0 fully saturated rings. The third-order valence-corrected chi connectivity index (χ3v) is 2.68. The zero-order valence-electron chi connectivity index (χ0n) is 10.0. The van der Waals surface area contributed by atoms with Crippen LogP contribution in [0.3, 0.4) is 0 Å². The summed E-state index contributed by atoms with van der Waals surface area (Å²) in [6, 6.07) is 0. The van der Waals surface area contributed by atoms with E-state index in [9.17, 15) is 4.79 Å². The van der Waals surface area contributed by atoms with Gasteiger partial charge in [-0.25, -0.2) is 0 Å². The molecular weight excluding hydrogens is 198 g/mol. The second-order valence-electron chi connectivity index (χ2n) is 4.03. The Labute approximate surface area is 98.1 Å². The fourth-order valence-electron chi connectivity index (χ4n) is 1.79. The monoisotopic (exact) mass is 219 g/mol. The highest BCUT2D eigenvalue weighted by atomic mass is 16.1. The number of allylic oxidation sites excluding steroid dienone is 4. The van der Waals surface area contributed by atoms with Crippen molar-refractivity contribution in [2.45, 2.75) is 39.0 Å². The number of nitrogens with one attached hydrogen (secondary N) is 1. The molecule has 1 aliphatic rings. The van der Waals surface area contributed by atoms with Crippen molar-refractivity contribution >= 4 is 5.91 Å². The highest BCUT2D eigenvalue weighted by Crippen LogP contribution is 2.19. The summed E-state index contributed by atoms with van der Waals surface area (Å²) >= 11 is 0. The van der Waals surface area contributed by atoms with Gasteiger partial charge in [-0.2, -0.15) is 0 Å². The van der Waals surface area contributed by atoms with Crippen LogP contribution in [0.15, 0.2) is 36.0 Å². The molecule has 0 unspecified atom stereocenters. The van der Waals surface area contributed by atoms with Crippen molar-refractivity contribution in [3.05, 3.63) is 36.0 Å². The van der Waals surface area contributed by atoms with Gasteiger partial charge in [-0.3, -0.25) is 4.79 Å². The van der Waals surface area contributed by atoms with Crippen LogP contribution in [-0.2, 0) is 4.79 Å². The maximum Gasteiger partial charge on any atom is 0.243 e. The highest BCUT2D eigenvalue weighted by Gasteiger charge is 2.03. The molecule has 0 heterocycles. The van der Waals surface area contributed by atoms with Gasteiger partial charge in [-0.1, -0.05) is 29.9 Å². The van der Waals surface area contributed by atoms with Crippen LogP contribution in [0.1, 0.15) is 39.0 Å². The van der Waals surface area contributed by atoms with E-state index >= 15 is 0 Å². The lowest BCUT2D eigenvalue weighted by atomic mass is 9.97. The number of amides is 1. The Morgan fingerprint density at radius 3 is 3.00 bits per heavy atom. The third kappa shape index (κ3) is 5.54. The normalized spacial score (nSPS) is 16.7. The van der Waals surface area contributed by atoms with Gasteiger partial charge < -0.3 is 5.32 Å². The van der Waals surface area contributed by atoms with E-state index in [2.05, 4.69) is 11.4 Å². The predicted octanol–water partition coefficient (Wildman–Crippen LogP) is 3.13. The smallest absolute Gasteiger partial charge is 0.243 e. The topological polar surface area (TPSA) is 29.1 Å². The fourth-order valence-corrected chi connectivity index (χ4v) is 1.79. The van der Waals surface area contributed by atoms with Crippen LogP contribution in [-0.4, -0.2) is 12.5 Å². The van der Waals surface area contributed by atoms with E-state index < -0.39 is 0 Å². The Bertz CT molecular complexity index is 300. The number of hydrogen-bond donors (Lipinski definition) is 1. The molecule has 2 nitrogen and oxygen atoms in total. The molecule has 88 valence electrons. The van der Waals surface area contributed by atoms with Crippen LogP contribution in [0.25, 0.3) is 0 Å². The largest absolute Gasteiger partial charge is 0.352 e. The van der Waals surface area contributed by atoms with E-state index in [0.717, 1.165) is 13.0 Å². The number of carbonyl (C=O) groups is 1. The van der Waals surface area contributed by atoms with Gasteiger partial charge in [0.25, 0.3) is 0 Å². The van der Waals surface area contributed by atoms with Crippen LogP contribution in [0.4, 0.5) is 0 Å². The van der Waals surface area contributed by atoms with Gasteiger partial charge in [-0.05, 0) is 39.0 Å². The first-order chi connectivity index (χ1) is 7.83. The van der Waals surface area contributed by atoms with Crippen molar-refractivity contribution in [1.29, 1.82) is 0 Å². The van der Waals surface area contributed by atoms with E-state index in [1.165, 1.54) is 31.3 Å². The molecule has 0 aromatic carbocycles. The minimum atomic E-state index is -0.00508. The van der Waals surface area contributed by atoms with E-state index in [1.54, 1.807) is 12.2 Å². The lowest BCUT2D eigenvalue weighted by Crippen LogP contribution is -2.22. The average molecular weight is 219 g/mol. The van der Waals surface area contributed by atoms with Gasteiger partial charge >= 0.3 is 0 Å². The molecule has 1 amide bonds. The SMILES string of the molecule is C/C=C/C=C/C(=O)NCCC1=CCCCC1. The van der Waals surface area contributed by atoms with Crippen LogP contribution < -0.4 is 5.32 Å². The fraction of sp³-hybridized carbons (Fsp3) is 0.500. The minimum Gasteiger partial charge on any atom is -0.352 e. The molecule has 0 spiro atoms. The number of carbonyl (C=O) groups excluding carboxylic acids is 1. The van der Waals surface area contributed by atoms with Crippen molar-refractivity contribution in [3.8, 4) is 0 Å².